The number of nitrogens with one attached hydrogen (secondary N) is 1. The van der Waals surface area contributed by atoms with Crippen molar-refractivity contribution in [1.82, 2.24) is 15.0 Å². The van der Waals surface area contributed by atoms with Crippen LogP contribution in [0, 0.1) is 6.92 Å². The molecule has 7 heteroatoms. The van der Waals surface area contributed by atoms with E-state index in [0.29, 0.717) is 11.8 Å². The molecule has 26 heavy (non-hydrogen) atoms. The molecule has 1 spiro atoms. The van der Waals surface area contributed by atoms with Gasteiger partial charge in [0.2, 0.25) is 5.91 Å². The van der Waals surface area contributed by atoms with Gasteiger partial charge in [-0.3, -0.25) is 4.79 Å². The third-order valence-electron chi connectivity index (χ3n) is 4.80. The molecule has 0 saturated heterocycles. The van der Waals surface area contributed by atoms with E-state index in [9.17, 15) is 4.79 Å². The largest absolute Gasteiger partial charge is 0.461 e. The maximum atomic E-state index is 11.4. The Morgan fingerprint density at radius 1 is 1.31 bits per heavy atom. The monoisotopic (exact) mass is 353 g/mol. The number of carbonyl (C=O) groups is 1. The average Bonchev–Trinajstić information content (AvgIpc) is 3.23. The molecule has 136 valence electrons. The van der Waals surface area contributed by atoms with Gasteiger partial charge >= 0.3 is 6.01 Å². The number of carbonyl (C=O) groups excluding carboxylic acids is 1. The van der Waals surface area contributed by atoms with Crippen molar-refractivity contribution in [1.29, 1.82) is 0 Å². The van der Waals surface area contributed by atoms with Crippen molar-refractivity contribution in [2.24, 2.45) is 0 Å². The number of fused-ring (bicyclic) bond motifs is 2. The third kappa shape index (κ3) is 2.98. The van der Waals surface area contributed by atoms with Crippen molar-refractivity contribution in [3.05, 3.63) is 29.6 Å². The van der Waals surface area contributed by atoms with Crippen LogP contribution in [0.4, 0.5) is 17.3 Å². The minimum Gasteiger partial charge on any atom is -0.461 e. The van der Waals surface area contributed by atoms with Gasteiger partial charge in [0.1, 0.15) is 11.6 Å². The summed E-state index contributed by atoms with van der Waals surface area (Å²) in [5.74, 6) is 1.25. The maximum Gasteiger partial charge on any atom is 0.318 e. The Morgan fingerprint density at radius 2 is 2.08 bits per heavy atom. The number of ether oxygens (including phenoxy) is 1. The highest BCUT2D eigenvalue weighted by atomic mass is 16.5. The number of pyridine rings is 1. The lowest BCUT2D eigenvalue weighted by atomic mass is 10.0. The molecule has 0 bridgehead atoms. The van der Waals surface area contributed by atoms with E-state index >= 15 is 0 Å². The van der Waals surface area contributed by atoms with Crippen LogP contribution in [-0.4, -0.2) is 33.5 Å². The van der Waals surface area contributed by atoms with Gasteiger partial charge in [-0.05, 0) is 33.6 Å². The standard InChI is InChI=1S/C19H23N5O2/c1-11(2)26-18-21-12(3)7-17(23-18)24-10-19(5-6-19)14-9-20-16(8-15(14)24)22-13(4)25/h7-9,11H,5-6,10H2,1-4H3,(H,20,22,25). The van der Waals surface area contributed by atoms with E-state index in [1.54, 1.807) is 0 Å². The first-order valence-corrected chi connectivity index (χ1v) is 8.94. The number of aromatic nitrogens is 3. The van der Waals surface area contributed by atoms with Crippen LogP contribution in [0.5, 0.6) is 6.01 Å². The van der Waals surface area contributed by atoms with E-state index in [1.807, 2.05) is 39.1 Å². The lowest BCUT2D eigenvalue weighted by Crippen LogP contribution is -2.21. The Morgan fingerprint density at radius 3 is 2.73 bits per heavy atom. The predicted molar refractivity (Wildman–Crippen MR) is 99.0 cm³/mol. The van der Waals surface area contributed by atoms with E-state index in [4.69, 9.17) is 4.74 Å². The zero-order chi connectivity index (χ0) is 18.5. The summed E-state index contributed by atoms with van der Waals surface area (Å²) >= 11 is 0. The number of amides is 1. The fourth-order valence-electron chi connectivity index (χ4n) is 3.51. The Labute approximate surface area is 152 Å². The molecule has 2 aromatic rings. The van der Waals surface area contributed by atoms with Gasteiger partial charge in [-0.1, -0.05) is 0 Å². The number of anilines is 3. The molecule has 3 heterocycles. The molecule has 0 aromatic carbocycles. The van der Waals surface area contributed by atoms with Crippen LogP contribution in [0.2, 0.25) is 0 Å². The summed E-state index contributed by atoms with van der Waals surface area (Å²) in [7, 11) is 0. The Balaban J connectivity index is 1.75. The summed E-state index contributed by atoms with van der Waals surface area (Å²) in [4.78, 5) is 27.0. The van der Waals surface area contributed by atoms with Crippen molar-refractivity contribution in [2.45, 2.75) is 52.1 Å². The molecular formula is C19H23N5O2. The molecule has 1 aliphatic heterocycles. The minimum atomic E-state index is -0.131. The SMILES string of the molecule is CC(=O)Nc1cc2c(cn1)C1(CC1)CN2c1cc(C)nc(OC(C)C)n1. The molecule has 1 amide bonds. The maximum absolute atomic E-state index is 11.4. The van der Waals surface area contributed by atoms with Gasteiger partial charge < -0.3 is 15.0 Å². The molecular weight excluding hydrogens is 330 g/mol. The minimum absolute atomic E-state index is 0.0147. The van der Waals surface area contributed by atoms with Crippen LogP contribution in [0.15, 0.2) is 18.3 Å². The predicted octanol–water partition coefficient (Wildman–Crippen LogP) is 3.11. The van der Waals surface area contributed by atoms with E-state index < -0.39 is 0 Å². The quantitative estimate of drug-likeness (QED) is 0.910. The van der Waals surface area contributed by atoms with Crippen LogP contribution >= 0.6 is 0 Å². The molecule has 4 rings (SSSR count). The molecule has 1 saturated carbocycles. The van der Waals surface area contributed by atoms with Crippen LogP contribution < -0.4 is 15.0 Å². The molecule has 0 unspecified atom stereocenters. The average molecular weight is 353 g/mol. The fraction of sp³-hybridized carbons (Fsp3) is 0.474. The normalized spacial score (nSPS) is 16.7. The lowest BCUT2D eigenvalue weighted by molar-refractivity contribution is -0.114. The lowest BCUT2D eigenvalue weighted by Gasteiger charge is -2.20. The highest BCUT2D eigenvalue weighted by Gasteiger charge is 2.52. The number of rotatable bonds is 4. The van der Waals surface area contributed by atoms with Crippen LogP contribution in [0.3, 0.4) is 0 Å². The van der Waals surface area contributed by atoms with Crippen LogP contribution in [-0.2, 0) is 10.2 Å². The second kappa shape index (κ2) is 5.93. The zero-order valence-corrected chi connectivity index (χ0v) is 15.5. The summed E-state index contributed by atoms with van der Waals surface area (Å²) in [5.41, 5.74) is 3.30. The van der Waals surface area contributed by atoms with E-state index in [1.165, 1.54) is 12.5 Å². The van der Waals surface area contributed by atoms with E-state index in [-0.39, 0.29) is 17.4 Å². The van der Waals surface area contributed by atoms with Gasteiger partial charge in [-0.15, -0.1) is 0 Å². The van der Waals surface area contributed by atoms with Gasteiger partial charge in [0, 0.05) is 48.5 Å². The van der Waals surface area contributed by atoms with Crippen molar-refractivity contribution in [3.8, 4) is 6.01 Å². The number of hydrogen-bond acceptors (Lipinski definition) is 6. The fourth-order valence-corrected chi connectivity index (χ4v) is 3.51. The first kappa shape index (κ1) is 16.8. The summed E-state index contributed by atoms with van der Waals surface area (Å²) in [6.45, 7) is 8.21. The van der Waals surface area contributed by atoms with Crippen LogP contribution in [0.1, 0.15) is 44.9 Å². The van der Waals surface area contributed by atoms with E-state index in [0.717, 1.165) is 36.6 Å². The third-order valence-corrected chi connectivity index (χ3v) is 4.80. The number of hydrogen-bond donors (Lipinski definition) is 1. The summed E-state index contributed by atoms with van der Waals surface area (Å²) in [6, 6.07) is 4.30. The summed E-state index contributed by atoms with van der Waals surface area (Å²) in [5, 5.41) is 2.77. The number of nitrogens with zero attached hydrogens (tertiary/aromatic N) is 4. The molecule has 2 aromatic heterocycles. The summed E-state index contributed by atoms with van der Waals surface area (Å²) in [6.07, 6.45) is 4.21. The summed E-state index contributed by atoms with van der Waals surface area (Å²) < 4.78 is 5.71. The molecule has 1 N–H and O–H groups in total. The zero-order valence-electron chi connectivity index (χ0n) is 15.5. The second-order valence-electron chi connectivity index (χ2n) is 7.45. The van der Waals surface area contributed by atoms with Crippen molar-refractivity contribution < 1.29 is 9.53 Å². The molecule has 2 aliphatic rings. The van der Waals surface area contributed by atoms with Gasteiger partial charge in [0.05, 0.1) is 11.8 Å². The van der Waals surface area contributed by atoms with Crippen molar-refractivity contribution in [3.63, 3.8) is 0 Å². The van der Waals surface area contributed by atoms with Gasteiger partial charge in [0.15, 0.2) is 0 Å². The molecule has 0 radical (unpaired) electrons. The van der Waals surface area contributed by atoms with E-state index in [2.05, 4.69) is 25.2 Å². The smallest absolute Gasteiger partial charge is 0.318 e. The first-order chi connectivity index (χ1) is 12.4. The highest BCUT2D eigenvalue weighted by Crippen LogP contribution is 2.58. The topological polar surface area (TPSA) is 80.2 Å². The molecule has 7 nitrogen and oxygen atoms in total. The second-order valence-corrected chi connectivity index (χ2v) is 7.45. The Kier molecular flexibility index (Phi) is 3.82. The van der Waals surface area contributed by atoms with Gasteiger partial charge in [-0.25, -0.2) is 9.97 Å². The number of aryl methyl sites for hydroxylation is 1. The molecule has 1 fully saturated rings. The molecule has 1 aliphatic carbocycles. The van der Waals surface area contributed by atoms with Crippen LogP contribution in [0.25, 0.3) is 0 Å². The first-order valence-electron chi connectivity index (χ1n) is 8.94. The Bertz CT molecular complexity index is 876. The van der Waals surface area contributed by atoms with Crippen molar-refractivity contribution >= 4 is 23.2 Å². The Hall–Kier alpha value is -2.70. The van der Waals surface area contributed by atoms with Crippen molar-refractivity contribution in [2.75, 3.05) is 16.8 Å². The highest BCUT2D eigenvalue weighted by molar-refractivity contribution is 5.89. The van der Waals surface area contributed by atoms with Gasteiger partial charge in [-0.2, -0.15) is 4.98 Å². The van der Waals surface area contributed by atoms with Gasteiger partial charge in [0.25, 0.3) is 0 Å². The molecule has 0 atom stereocenters.